The van der Waals surface area contributed by atoms with Crippen molar-refractivity contribution >= 4 is 33.5 Å². The molecule has 1 aromatic carbocycles. The molecule has 0 radical (unpaired) electrons. The lowest BCUT2D eigenvalue weighted by Crippen LogP contribution is -2.48. The Balaban J connectivity index is 0.000000572. The molecule has 0 spiro atoms. The van der Waals surface area contributed by atoms with E-state index < -0.39 is 22.2 Å². The van der Waals surface area contributed by atoms with Crippen LogP contribution < -0.4 is 10.1 Å². The Kier molecular flexibility index (Phi) is 11.3. The van der Waals surface area contributed by atoms with Crippen LogP contribution in [0, 0.1) is 0 Å². The highest BCUT2D eigenvalue weighted by atomic mass is 35.5. The molecule has 3 rings (SSSR count). The number of hydrogen-bond acceptors (Lipinski definition) is 6. The molecule has 1 heterocycles. The minimum Gasteiger partial charge on any atom is -0.495 e. The first-order chi connectivity index (χ1) is 16.9. The number of amides is 1. The van der Waals surface area contributed by atoms with Gasteiger partial charge in [0.2, 0.25) is 15.9 Å². The summed E-state index contributed by atoms with van der Waals surface area (Å²) in [6, 6.07) is 4.51. The molecule has 1 amide bonds. The van der Waals surface area contributed by atoms with Crippen LogP contribution in [0.3, 0.4) is 0 Å². The fraction of sp³-hybridized carbons (Fsp3) is 0.636. The second kappa shape index (κ2) is 13.5. The van der Waals surface area contributed by atoms with Gasteiger partial charge in [-0.25, -0.2) is 13.2 Å². The van der Waals surface area contributed by atoms with E-state index in [9.17, 15) is 26.4 Å². The van der Waals surface area contributed by atoms with Crippen molar-refractivity contribution in [1.82, 2.24) is 14.5 Å². The number of hydrogen-bond donors (Lipinski definition) is 2. The van der Waals surface area contributed by atoms with Crippen molar-refractivity contribution < 1.29 is 41.0 Å². The molecular weight excluding hydrogens is 527 g/mol. The number of rotatable bonds is 7. The Morgan fingerprint density at radius 3 is 2.31 bits per heavy atom. The van der Waals surface area contributed by atoms with Crippen LogP contribution >= 0.6 is 11.6 Å². The quantitative estimate of drug-likeness (QED) is 0.529. The molecule has 36 heavy (non-hydrogen) atoms. The fourth-order valence-electron chi connectivity index (χ4n) is 4.12. The standard InChI is InChI=1S/C20H30ClN3O4S.C2HF3O2/c1-28-18-8-7-16(21)15-19(18)29(26,27)24(17-5-3-2-4-6-17)12-9-20(25)23-13-10-22-11-14-23;3-2(4,5)1(6)7/h7-8,15,17,22H,2-6,9-14H2,1H3;(H,6,7). The van der Waals surface area contributed by atoms with Gasteiger partial charge in [-0.1, -0.05) is 30.9 Å². The van der Waals surface area contributed by atoms with Gasteiger partial charge in [-0.2, -0.15) is 17.5 Å². The maximum atomic E-state index is 13.6. The maximum Gasteiger partial charge on any atom is 0.490 e. The number of nitrogens with zero attached hydrogens (tertiary/aromatic N) is 2. The van der Waals surface area contributed by atoms with Gasteiger partial charge in [0.25, 0.3) is 0 Å². The van der Waals surface area contributed by atoms with Crippen LogP contribution in [0.4, 0.5) is 13.2 Å². The Labute approximate surface area is 213 Å². The first-order valence-electron chi connectivity index (χ1n) is 11.5. The van der Waals surface area contributed by atoms with Gasteiger partial charge in [-0.3, -0.25) is 4.79 Å². The smallest absolute Gasteiger partial charge is 0.490 e. The molecule has 1 aromatic rings. The molecule has 14 heteroatoms. The molecule has 1 aliphatic heterocycles. The van der Waals surface area contributed by atoms with E-state index in [0.29, 0.717) is 18.1 Å². The van der Waals surface area contributed by atoms with E-state index in [0.717, 1.165) is 45.2 Å². The number of carbonyl (C=O) groups is 2. The molecule has 1 saturated carbocycles. The summed E-state index contributed by atoms with van der Waals surface area (Å²) in [5.41, 5.74) is 0. The molecular formula is C22H31ClF3N3O6S. The zero-order valence-corrected chi connectivity index (χ0v) is 21.5. The highest BCUT2D eigenvalue weighted by molar-refractivity contribution is 7.89. The molecule has 204 valence electrons. The molecule has 0 bridgehead atoms. The number of methoxy groups -OCH3 is 1. The number of sulfonamides is 1. The van der Waals surface area contributed by atoms with Crippen molar-refractivity contribution in [2.45, 2.75) is 55.6 Å². The largest absolute Gasteiger partial charge is 0.495 e. The van der Waals surface area contributed by atoms with E-state index in [4.69, 9.17) is 26.2 Å². The average Bonchev–Trinajstić information content (AvgIpc) is 2.85. The summed E-state index contributed by atoms with van der Waals surface area (Å²) < 4.78 is 65.8. The number of nitrogens with one attached hydrogen (secondary N) is 1. The molecule has 0 atom stereocenters. The number of piperazine rings is 1. The van der Waals surface area contributed by atoms with Crippen LogP contribution in [-0.4, -0.2) is 86.7 Å². The average molecular weight is 558 g/mol. The second-order valence-corrected chi connectivity index (χ2v) is 10.7. The number of aliphatic carboxylic acids is 1. The summed E-state index contributed by atoms with van der Waals surface area (Å²) in [6.07, 6.45) is -0.179. The van der Waals surface area contributed by atoms with Crippen molar-refractivity contribution in [3.8, 4) is 5.75 Å². The first kappa shape index (κ1) is 30.1. The normalized spacial score (nSPS) is 17.3. The van der Waals surface area contributed by atoms with Gasteiger partial charge < -0.3 is 20.1 Å². The highest BCUT2D eigenvalue weighted by Crippen LogP contribution is 2.33. The van der Waals surface area contributed by atoms with Crippen LogP contribution in [0.15, 0.2) is 23.1 Å². The van der Waals surface area contributed by atoms with Gasteiger partial charge >= 0.3 is 12.1 Å². The third-order valence-electron chi connectivity index (χ3n) is 5.95. The topological polar surface area (TPSA) is 116 Å². The predicted molar refractivity (Wildman–Crippen MR) is 127 cm³/mol. The van der Waals surface area contributed by atoms with Crippen molar-refractivity contribution in [2.24, 2.45) is 0 Å². The maximum absolute atomic E-state index is 13.6. The van der Waals surface area contributed by atoms with Crippen molar-refractivity contribution in [3.05, 3.63) is 23.2 Å². The second-order valence-electron chi connectivity index (χ2n) is 8.39. The summed E-state index contributed by atoms with van der Waals surface area (Å²) in [4.78, 5) is 23.4. The number of alkyl halides is 3. The lowest BCUT2D eigenvalue weighted by atomic mass is 9.95. The van der Waals surface area contributed by atoms with E-state index in [1.54, 1.807) is 12.1 Å². The molecule has 2 aliphatic rings. The summed E-state index contributed by atoms with van der Waals surface area (Å²) in [7, 11) is -2.41. The molecule has 0 aromatic heterocycles. The zero-order valence-electron chi connectivity index (χ0n) is 19.9. The van der Waals surface area contributed by atoms with Gasteiger partial charge in [0.1, 0.15) is 10.6 Å². The Morgan fingerprint density at radius 2 is 1.78 bits per heavy atom. The van der Waals surface area contributed by atoms with E-state index in [-0.39, 0.29) is 35.6 Å². The first-order valence-corrected chi connectivity index (χ1v) is 13.3. The third-order valence-corrected chi connectivity index (χ3v) is 8.16. The van der Waals surface area contributed by atoms with E-state index in [2.05, 4.69) is 5.32 Å². The van der Waals surface area contributed by atoms with E-state index >= 15 is 0 Å². The van der Waals surface area contributed by atoms with Crippen LogP contribution in [0.1, 0.15) is 38.5 Å². The Hall–Kier alpha value is -2.09. The van der Waals surface area contributed by atoms with Crippen LogP contribution in [0.5, 0.6) is 5.75 Å². The van der Waals surface area contributed by atoms with Crippen LogP contribution in [-0.2, 0) is 19.6 Å². The minimum atomic E-state index is -5.08. The lowest BCUT2D eigenvalue weighted by Gasteiger charge is -2.34. The molecule has 2 N–H and O–H groups in total. The summed E-state index contributed by atoms with van der Waals surface area (Å²) in [6.45, 7) is 3.05. The van der Waals surface area contributed by atoms with Gasteiger partial charge in [0, 0.05) is 50.2 Å². The molecule has 9 nitrogen and oxygen atoms in total. The van der Waals surface area contributed by atoms with Gasteiger partial charge in [0.05, 0.1) is 7.11 Å². The van der Waals surface area contributed by atoms with Gasteiger partial charge in [0.15, 0.2) is 0 Å². The fourth-order valence-corrected chi connectivity index (χ4v) is 6.23. The molecule has 2 fully saturated rings. The molecule has 1 aliphatic carbocycles. The van der Waals surface area contributed by atoms with Crippen molar-refractivity contribution in [1.29, 1.82) is 0 Å². The van der Waals surface area contributed by atoms with Crippen LogP contribution in [0.25, 0.3) is 0 Å². The number of halogens is 4. The summed E-state index contributed by atoms with van der Waals surface area (Å²) in [5.74, 6) is -2.49. The number of ether oxygens (including phenoxy) is 1. The lowest BCUT2D eigenvalue weighted by molar-refractivity contribution is -0.192. The minimum absolute atomic E-state index is 0.000526. The van der Waals surface area contributed by atoms with E-state index in [1.165, 1.54) is 17.5 Å². The van der Waals surface area contributed by atoms with E-state index in [1.807, 2.05) is 4.90 Å². The number of carbonyl (C=O) groups excluding carboxylic acids is 1. The molecule has 0 unspecified atom stereocenters. The summed E-state index contributed by atoms with van der Waals surface area (Å²) in [5, 5.41) is 10.7. The summed E-state index contributed by atoms with van der Waals surface area (Å²) >= 11 is 6.09. The SMILES string of the molecule is COc1ccc(Cl)cc1S(=O)(=O)N(CCC(=O)N1CCNCC1)C1CCCCC1.O=C(O)C(F)(F)F. The number of carboxylic acids is 1. The van der Waals surface area contributed by atoms with Crippen molar-refractivity contribution in [3.63, 3.8) is 0 Å². The van der Waals surface area contributed by atoms with Gasteiger partial charge in [-0.15, -0.1) is 0 Å². The highest BCUT2D eigenvalue weighted by Gasteiger charge is 2.38. The monoisotopic (exact) mass is 557 g/mol. The zero-order chi connectivity index (χ0) is 26.9. The van der Waals surface area contributed by atoms with Crippen LogP contribution in [0.2, 0.25) is 5.02 Å². The Morgan fingerprint density at radius 1 is 1.19 bits per heavy atom. The molecule has 1 saturated heterocycles. The number of carboxylic acid groups (broad SMARTS) is 1. The Bertz CT molecular complexity index is 997. The predicted octanol–water partition coefficient (Wildman–Crippen LogP) is 3.13. The van der Waals surface area contributed by atoms with Gasteiger partial charge in [-0.05, 0) is 31.0 Å². The number of benzene rings is 1. The third kappa shape index (κ3) is 8.49. The van der Waals surface area contributed by atoms with Crippen molar-refractivity contribution in [2.75, 3.05) is 39.8 Å².